The van der Waals surface area contributed by atoms with Gasteiger partial charge in [-0.2, -0.15) is 0 Å². The maximum absolute atomic E-state index is 10.4. The lowest BCUT2D eigenvalue weighted by molar-refractivity contribution is 0.0693. The lowest BCUT2D eigenvalue weighted by Crippen LogP contribution is -2.47. The molecule has 1 aliphatic carbocycles. The number of aliphatic hydroxyl groups excluding tert-OH is 1. The molecule has 4 rings (SSSR count). The van der Waals surface area contributed by atoms with E-state index in [2.05, 4.69) is 15.0 Å². The SMILES string of the molecule is OC(CN1CCN(Cc2noc3c2CCCC3)CC1)c1ccccc1. The van der Waals surface area contributed by atoms with Crippen LogP contribution in [-0.4, -0.2) is 52.8 Å². The Bertz CT molecular complexity index is 678. The van der Waals surface area contributed by atoms with Crippen LogP contribution in [0.2, 0.25) is 0 Å². The number of benzene rings is 1. The van der Waals surface area contributed by atoms with Crippen molar-refractivity contribution < 1.29 is 9.63 Å². The Balaban J connectivity index is 1.28. The molecule has 0 amide bonds. The highest BCUT2D eigenvalue weighted by atomic mass is 16.5. The summed E-state index contributed by atoms with van der Waals surface area (Å²) in [4.78, 5) is 4.81. The number of aryl methyl sites for hydroxylation is 1. The van der Waals surface area contributed by atoms with E-state index in [1.807, 2.05) is 30.3 Å². The van der Waals surface area contributed by atoms with Gasteiger partial charge in [-0.15, -0.1) is 0 Å². The summed E-state index contributed by atoms with van der Waals surface area (Å²) in [5.41, 5.74) is 3.51. The van der Waals surface area contributed by atoms with E-state index in [0.717, 1.165) is 62.6 Å². The van der Waals surface area contributed by atoms with Gasteiger partial charge in [0.25, 0.3) is 0 Å². The maximum atomic E-state index is 10.4. The first-order valence-corrected chi connectivity index (χ1v) is 9.43. The van der Waals surface area contributed by atoms with E-state index in [9.17, 15) is 5.11 Å². The Kier molecular flexibility index (Phi) is 5.15. The minimum atomic E-state index is -0.407. The molecule has 1 unspecified atom stereocenters. The Morgan fingerprint density at radius 2 is 1.72 bits per heavy atom. The predicted octanol–water partition coefficient (Wildman–Crippen LogP) is 2.40. The van der Waals surface area contributed by atoms with Crippen LogP contribution in [0.15, 0.2) is 34.9 Å². The average Bonchev–Trinajstić information content (AvgIpc) is 3.07. The molecule has 1 N–H and O–H groups in total. The number of fused-ring (bicyclic) bond motifs is 1. The second kappa shape index (κ2) is 7.68. The number of piperazine rings is 1. The van der Waals surface area contributed by atoms with Gasteiger partial charge in [0.15, 0.2) is 0 Å². The monoisotopic (exact) mass is 341 g/mol. The molecule has 1 aromatic carbocycles. The van der Waals surface area contributed by atoms with E-state index in [-0.39, 0.29) is 0 Å². The summed E-state index contributed by atoms with van der Waals surface area (Å²) in [5.74, 6) is 1.12. The molecule has 0 bridgehead atoms. The van der Waals surface area contributed by atoms with Crippen LogP contribution in [0.25, 0.3) is 0 Å². The molecule has 2 aliphatic rings. The largest absolute Gasteiger partial charge is 0.387 e. The van der Waals surface area contributed by atoms with Crippen LogP contribution in [0.5, 0.6) is 0 Å². The summed E-state index contributed by atoms with van der Waals surface area (Å²) >= 11 is 0. The molecular formula is C20H27N3O2. The summed E-state index contributed by atoms with van der Waals surface area (Å²) in [6, 6.07) is 9.94. The van der Waals surface area contributed by atoms with Gasteiger partial charge in [-0.1, -0.05) is 35.5 Å². The van der Waals surface area contributed by atoms with Gasteiger partial charge in [-0.05, 0) is 24.8 Å². The molecule has 2 heterocycles. The van der Waals surface area contributed by atoms with Gasteiger partial charge < -0.3 is 9.63 Å². The predicted molar refractivity (Wildman–Crippen MR) is 96.3 cm³/mol. The minimum absolute atomic E-state index is 0.407. The molecule has 0 saturated carbocycles. The van der Waals surface area contributed by atoms with Crippen molar-refractivity contribution in [2.45, 2.75) is 38.3 Å². The molecule has 1 aliphatic heterocycles. The highest BCUT2D eigenvalue weighted by molar-refractivity contribution is 5.25. The Morgan fingerprint density at radius 3 is 2.52 bits per heavy atom. The molecule has 5 nitrogen and oxygen atoms in total. The number of nitrogens with zero attached hydrogens (tertiary/aromatic N) is 3. The molecule has 0 spiro atoms. The van der Waals surface area contributed by atoms with E-state index < -0.39 is 6.10 Å². The number of rotatable bonds is 5. The van der Waals surface area contributed by atoms with E-state index in [0.29, 0.717) is 6.54 Å². The van der Waals surface area contributed by atoms with E-state index in [1.54, 1.807) is 0 Å². The van der Waals surface area contributed by atoms with Crippen LogP contribution in [0.1, 0.15) is 41.5 Å². The molecular weight excluding hydrogens is 314 g/mol. The second-order valence-corrected chi connectivity index (χ2v) is 7.24. The summed E-state index contributed by atoms with van der Waals surface area (Å²) in [7, 11) is 0. The molecule has 1 fully saturated rings. The van der Waals surface area contributed by atoms with Gasteiger partial charge in [0.05, 0.1) is 6.10 Å². The number of β-amino-alcohol motifs (C(OH)–C–C–N with tert-alkyl or cyclic N) is 1. The standard InChI is InChI=1S/C20H27N3O2/c24-19(16-6-2-1-3-7-16)15-23-12-10-22(11-13-23)14-18-17-8-4-5-9-20(17)25-21-18/h1-3,6-7,19,24H,4-5,8-15H2. The topological polar surface area (TPSA) is 52.7 Å². The quantitative estimate of drug-likeness (QED) is 0.905. The van der Waals surface area contributed by atoms with Crippen LogP contribution in [0.4, 0.5) is 0 Å². The first-order chi connectivity index (χ1) is 12.3. The van der Waals surface area contributed by atoms with Crippen molar-refractivity contribution in [3.63, 3.8) is 0 Å². The average molecular weight is 341 g/mol. The summed E-state index contributed by atoms with van der Waals surface area (Å²) in [5, 5.41) is 14.7. The van der Waals surface area contributed by atoms with Gasteiger partial charge in [-0.25, -0.2) is 0 Å². The fourth-order valence-electron chi connectivity index (χ4n) is 3.94. The fraction of sp³-hybridized carbons (Fsp3) is 0.550. The third-order valence-corrected chi connectivity index (χ3v) is 5.49. The Morgan fingerprint density at radius 1 is 1.00 bits per heavy atom. The number of hydrogen-bond acceptors (Lipinski definition) is 5. The van der Waals surface area contributed by atoms with Crippen molar-refractivity contribution in [1.29, 1.82) is 0 Å². The summed E-state index contributed by atoms with van der Waals surface area (Å²) in [6.45, 7) is 5.62. The van der Waals surface area contributed by atoms with Crippen molar-refractivity contribution in [2.24, 2.45) is 0 Å². The molecule has 25 heavy (non-hydrogen) atoms. The van der Waals surface area contributed by atoms with E-state index in [1.165, 1.54) is 18.4 Å². The smallest absolute Gasteiger partial charge is 0.140 e. The van der Waals surface area contributed by atoms with Crippen LogP contribution in [0, 0.1) is 0 Å². The van der Waals surface area contributed by atoms with Gasteiger partial charge in [0.2, 0.25) is 0 Å². The fourth-order valence-corrected chi connectivity index (χ4v) is 3.94. The molecule has 2 aromatic rings. The lowest BCUT2D eigenvalue weighted by atomic mass is 9.96. The third kappa shape index (κ3) is 3.94. The molecule has 0 radical (unpaired) electrons. The zero-order valence-electron chi connectivity index (χ0n) is 14.7. The maximum Gasteiger partial charge on any atom is 0.140 e. The molecule has 5 heteroatoms. The Labute approximate surface area is 149 Å². The van der Waals surface area contributed by atoms with Crippen molar-refractivity contribution in [3.05, 3.63) is 52.9 Å². The molecule has 1 atom stereocenters. The molecule has 1 saturated heterocycles. The summed E-state index contributed by atoms with van der Waals surface area (Å²) < 4.78 is 5.53. The first-order valence-electron chi connectivity index (χ1n) is 9.43. The van der Waals surface area contributed by atoms with Crippen molar-refractivity contribution in [3.8, 4) is 0 Å². The minimum Gasteiger partial charge on any atom is -0.387 e. The third-order valence-electron chi connectivity index (χ3n) is 5.49. The zero-order chi connectivity index (χ0) is 17.1. The van der Waals surface area contributed by atoms with Gasteiger partial charge in [0, 0.05) is 51.3 Å². The highest BCUT2D eigenvalue weighted by Crippen LogP contribution is 2.25. The van der Waals surface area contributed by atoms with Crippen molar-refractivity contribution in [2.75, 3.05) is 32.7 Å². The van der Waals surface area contributed by atoms with E-state index in [4.69, 9.17) is 4.52 Å². The van der Waals surface area contributed by atoms with Crippen LogP contribution >= 0.6 is 0 Å². The zero-order valence-corrected chi connectivity index (χ0v) is 14.7. The number of hydrogen-bond donors (Lipinski definition) is 1. The molecule has 1 aromatic heterocycles. The first kappa shape index (κ1) is 16.8. The van der Waals surface area contributed by atoms with Crippen LogP contribution in [0.3, 0.4) is 0 Å². The van der Waals surface area contributed by atoms with Crippen molar-refractivity contribution in [1.82, 2.24) is 15.0 Å². The molecule has 134 valence electrons. The van der Waals surface area contributed by atoms with Crippen LogP contribution < -0.4 is 0 Å². The van der Waals surface area contributed by atoms with Crippen molar-refractivity contribution >= 4 is 0 Å². The van der Waals surface area contributed by atoms with Crippen LogP contribution in [-0.2, 0) is 19.4 Å². The lowest BCUT2D eigenvalue weighted by Gasteiger charge is -2.35. The second-order valence-electron chi connectivity index (χ2n) is 7.24. The number of aliphatic hydroxyl groups is 1. The van der Waals surface area contributed by atoms with E-state index >= 15 is 0 Å². The van der Waals surface area contributed by atoms with Gasteiger partial charge in [0.1, 0.15) is 11.5 Å². The normalized spacial score (nSPS) is 20.4. The van der Waals surface area contributed by atoms with Gasteiger partial charge in [-0.3, -0.25) is 9.80 Å². The number of aromatic nitrogens is 1. The highest BCUT2D eigenvalue weighted by Gasteiger charge is 2.24. The summed E-state index contributed by atoms with van der Waals surface area (Å²) in [6.07, 6.45) is 4.25. The Hall–Kier alpha value is -1.69. The van der Waals surface area contributed by atoms with Gasteiger partial charge >= 0.3 is 0 Å².